The standard InChI is InChI=1S/C20H27N5O6/c21-20-24-16-15(18(29)25-20)12(9-22-16)6-3-10-1-4-11(5-2-10)17(28)23-13(19(30)31)7-8-14(26)27/h1-2,4-5,12-13,15-16,20,22,24H,3,6-9,21H2,(H,23,28)(H,25,29)(H,26,27)(H,30,31)/t12?,13-,15?,16?,20?/m0/s1. The fraction of sp³-hybridized carbons (Fsp3) is 0.500. The molecule has 1 aromatic rings. The summed E-state index contributed by atoms with van der Waals surface area (Å²) in [6.07, 6.45) is 0.257. The number of nitrogens with one attached hydrogen (secondary N) is 4. The van der Waals surface area contributed by atoms with Crippen molar-refractivity contribution in [1.82, 2.24) is 21.3 Å². The SMILES string of the molecule is NC1NC(=O)C2C(CCc3ccc(C(=O)N[C@@H](CCC(=O)O)C(=O)O)cc3)CNC2N1. The first-order valence-electron chi connectivity index (χ1n) is 10.1. The molecule has 2 saturated heterocycles. The molecule has 1 aromatic carbocycles. The monoisotopic (exact) mass is 433 g/mol. The Morgan fingerprint density at radius 1 is 1.19 bits per heavy atom. The second-order valence-electron chi connectivity index (χ2n) is 7.86. The Balaban J connectivity index is 1.53. The van der Waals surface area contributed by atoms with E-state index in [1.807, 2.05) is 0 Å². The average Bonchev–Trinajstić information content (AvgIpc) is 3.12. The van der Waals surface area contributed by atoms with Crippen LogP contribution in [0.15, 0.2) is 24.3 Å². The first kappa shape index (κ1) is 22.7. The molecule has 0 aromatic heterocycles. The molecule has 4 unspecified atom stereocenters. The lowest BCUT2D eigenvalue weighted by Crippen LogP contribution is -2.66. The summed E-state index contributed by atoms with van der Waals surface area (Å²) in [5.74, 6) is -3.08. The largest absolute Gasteiger partial charge is 0.481 e. The van der Waals surface area contributed by atoms with Crippen molar-refractivity contribution in [3.8, 4) is 0 Å². The van der Waals surface area contributed by atoms with Crippen molar-refractivity contribution in [2.24, 2.45) is 17.6 Å². The predicted octanol–water partition coefficient (Wildman–Crippen LogP) is -1.21. The number of carbonyl (C=O) groups is 4. The number of aliphatic carboxylic acids is 2. The molecular formula is C20H27N5O6. The van der Waals surface area contributed by atoms with Gasteiger partial charge in [-0.05, 0) is 42.9 Å². The second-order valence-corrected chi connectivity index (χ2v) is 7.86. The smallest absolute Gasteiger partial charge is 0.326 e. The predicted molar refractivity (Wildman–Crippen MR) is 109 cm³/mol. The number of rotatable bonds is 9. The number of carboxylic acids is 2. The summed E-state index contributed by atoms with van der Waals surface area (Å²) in [6.45, 7) is 0.704. The van der Waals surface area contributed by atoms with Crippen molar-refractivity contribution < 1.29 is 29.4 Å². The Hall–Kier alpha value is -3.02. The van der Waals surface area contributed by atoms with Gasteiger partial charge in [0.2, 0.25) is 5.91 Å². The first-order chi connectivity index (χ1) is 14.7. The number of fused-ring (bicyclic) bond motifs is 1. The molecule has 0 radical (unpaired) electrons. The van der Waals surface area contributed by atoms with E-state index in [-0.39, 0.29) is 42.3 Å². The van der Waals surface area contributed by atoms with Gasteiger partial charge in [0, 0.05) is 18.5 Å². The molecule has 8 N–H and O–H groups in total. The molecule has 2 aliphatic rings. The minimum Gasteiger partial charge on any atom is -0.481 e. The van der Waals surface area contributed by atoms with Crippen molar-refractivity contribution in [1.29, 1.82) is 0 Å². The molecule has 3 rings (SSSR count). The van der Waals surface area contributed by atoms with Crippen LogP contribution in [0.5, 0.6) is 0 Å². The first-order valence-corrected chi connectivity index (χ1v) is 10.1. The molecule has 31 heavy (non-hydrogen) atoms. The van der Waals surface area contributed by atoms with Gasteiger partial charge in [0.25, 0.3) is 5.91 Å². The minimum atomic E-state index is -1.28. The zero-order valence-corrected chi connectivity index (χ0v) is 16.8. The molecule has 2 fully saturated rings. The highest BCUT2D eigenvalue weighted by Gasteiger charge is 2.44. The number of carboxylic acid groups (broad SMARTS) is 2. The lowest BCUT2D eigenvalue weighted by atomic mass is 9.87. The molecule has 2 heterocycles. The van der Waals surface area contributed by atoms with E-state index in [0.717, 1.165) is 12.0 Å². The van der Waals surface area contributed by atoms with Gasteiger partial charge in [-0.2, -0.15) is 0 Å². The van der Waals surface area contributed by atoms with Gasteiger partial charge < -0.3 is 26.2 Å². The van der Waals surface area contributed by atoms with Crippen LogP contribution in [-0.2, 0) is 20.8 Å². The molecule has 0 aliphatic carbocycles. The maximum absolute atomic E-state index is 12.3. The van der Waals surface area contributed by atoms with Crippen LogP contribution < -0.4 is 27.0 Å². The van der Waals surface area contributed by atoms with E-state index in [4.69, 9.17) is 15.9 Å². The third-order valence-electron chi connectivity index (χ3n) is 5.70. The highest BCUT2D eigenvalue weighted by Crippen LogP contribution is 2.28. The molecule has 11 nitrogen and oxygen atoms in total. The Kier molecular flexibility index (Phi) is 7.21. The molecule has 11 heteroatoms. The van der Waals surface area contributed by atoms with Crippen LogP contribution in [0.1, 0.15) is 35.2 Å². The van der Waals surface area contributed by atoms with E-state index in [1.165, 1.54) is 0 Å². The Morgan fingerprint density at radius 2 is 1.90 bits per heavy atom. The van der Waals surface area contributed by atoms with Crippen molar-refractivity contribution in [3.63, 3.8) is 0 Å². The molecule has 2 aliphatic heterocycles. The molecule has 0 bridgehead atoms. The van der Waals surface area contributed by atoms with Crippen LogP contribution in [-0.4, -0.2) is 59.0 Å². The van der Waals surface area contributed by atoms with Crippen LogP contribution in [0.2, 0.25) is 0 Å². The number of aryl methyl sites for hydroxylation is 1. The highest BCUT2D eigenvalue weighted by molar-refractivity contribution is 5.96. The van der Waals surface area contributed by atoms with E-state index in [2.05, 4.69) is 21.3 Å². The summed E-state index contributed by atoms with van der Waals surface area (Å²) in [4.78, 5) is 46.4. The summed E-state index contributed by atoms with van der Waals surface area (Å²) in [6, 6.07) is 5.51. The number of hydrogen-bond donors (Lipinski definition) is 7. The second kappa shape index (κ2) is 9.86. The van der Waals surface area contributed by atoms with Gasteiger partial charge in [0.1, 0.15) is 12.3 Å². The summed E-state index contributed by atoms with van der Waals surface area (Å²) in [5.41, 5.74) is 7.01. The van der Waals surface area contributed by atoms with Gasteiger partial charge in [-0.3, -0.25) is 25.4 Å². The van der Waals surface area contributed by atoms with Crippen LogP contribution in [0.3, 0.4) is 0 Å². The number of hydrogen-bond acceptors (Lipinski definition) is 7. The summed E-state index contributed by atoms with van der Waals surface area (Å²) in [5, 5.41) is 29.3. The van der Waals surface area contributed by atoms with Crippen LogP contribution in [0.4, 0.5) is 0 Å². The minimum absolute atomic E-state index is 0.0610. The van der Waals surface area contributed by atoms with E-state index in [9.17, 15) is 19.2 Å². The van der Waals surface area contributed by atoms with Crippen molar-refractivity contribution in [3.05, 3.63) is 35.4 Å². The maximum atomic E-state index is 12.3. The number of benzene rings is 1. The third-order valence-corrected chi connectivity index (χ3v) is 5.70. The van der Waals surface area contributed by atoms with E-state index in [0.29, 0.717) is 13.0 Å². The number of amides is 2. The van der Waals surface area contributed by atoms with Gasteiger partial charge in [0.05, 0.1) is 12.1 Å². The Labute approximate surface area is 178 Å². The fourth-order valence-electron chi connectivity index (χ4n) is 4.04. The quantitative estimate of drug-likeness (QED) is 0.251. The summed E-state index contributed by atoms with van der Waals surface area (Å²) < 4.78 is 0. The molecular weight excluding hydrogens is 406 g/mol. The van der Waals surface area contributed by atoms with Crippen molar-refractivity contribution in [2.45, 2.75) is 44.2 Å². The van der Waals surface area contributed by atoms with E-state index < -0.39 is 30.2 Å². The lowest BCUT2D eigenvalue weighted by Gasteiger charge is -2.33. The maximum Gasteiger partial charge on any atom is 0.326 e. The van der Waals surface area contributed by atoms with Gasteiger partial charge in [-0.1, -0.05) is 12.1 Å². The van der Waals surface area contributed by atoms with Gasteiger partial charge in [-0.15, -0.1) is 0 Å². The molecule has 2 amide bonds. The van der Waals surface area contributed by atoms with Crippen LogP contribution >= 0.6 is 0 Å². The van der Waals surface area contributed by atoms with Gasteiger partial charge in [-0.25, -0.2) is 4.79 Å². The Morgan fingerprint density at radius 3 is 2.55 bits per heavy atom. The van der Waals surface area contributed by atoms with Crippen molar-refractivity contribution >= 4 is 23.8 Å². The Bertz CT molecular complexity index is 845. The fourth-order valence-corrected chi connectivity index (χ4v) is 4.04. The number of nitrogens with two attached hydrogens (primary N) is 1. The highest BCUT2D eigenvalue weighted by atomic mass is 16.4. The van der Waals surface area contributed by atoms with E-state index in [1.54, 1.807) is 24.3 Å². The van der Waals surface area contributed by atoms with Gasteiger partial charge in [0.15, 0.2) is 0 Å². The molecule has 0 saturated carbocycles. The van der Waals surface area contributed by atoms with E-state index >= 15 is 0 Å². The zero-order chi connectivity index (χ0) is 22.5. The summed E-state index contributed by atoms with van der Waals surface area (Å²) >= 11 is 0. The normalized spacial score (nSPS) is 25.9. The number of carbonyl (C=O) groups excluding carboxylic acids is 2. The van der Waals surface area contributed by atoms with Crippen LogP contribution in [0.25, 0.3) is 0 Å². The molecule has 0 spiro atoms. The lowest BCUT2D eigenvalue weighted by molar-refractivity contribution is -0.140. The third kappa shape index (κ3) is 5.78. The summed E-state index contributed by atoms with van der Waals surface area (Å²) in [7, 11) is 0. The van der Waals surface area contributed by atoms with Gasteiger partial charge >= 0.3 is 11.9 Å². The zero-order valence-electron chi connectivity index (χ0n) is 16.8. The molecule has 168 valence electrons. The van der Waals surface area contributed by atoms with Crippen LogP contribution in [0, 0.1) is 11.8 Å². The van der Waals surface area contributed by atoms with Crippen molar-refractivity contribution in [2.75, 3.05) is 6.54 Å². The topological polar surface area (TPSA) is 183 Å². The molecule has 5 atom stereocenters. The average molecular weight is 433 g/mol.